The molecular weight excluding hydrogens is 320 g/mol. The highest BCUT2D eigenvalue weighted by molar-refractivity contribution is 6.03. The van der Waals surface area contributed by atoms with E-state index in [-0.39, 0.29) is 18.4 Å². The van der Waals surface area contributed by atoms with E-state index in [0.717, 1.165) is 5.56 Å². The Hall–Kier alpha value is -3.42. The van der Waals surface area contributed by atoms with Gasteiger partial charge in [0.1, 0.15) is 6.54 Å². The van der Waals surface area contributed by atoms with Crippen molar-refractivity contribution in [2.75, 3.05) is 10.6 Å². The second kappa shape index (κ2) is 7.00. The van der Waals surface area contributed by atoms with Crippen LogP contribution in [0.25, 0.3) is 0 Å². The first-order valence-electron chi connectivity index (χ1n) is 7.69. The molecule has 1 aromatic carbocycles. The zero-order valence-electron chi connectivity index (χ0n) is 13.9. The molecule has 25 heavy (non-hydrogen) atoms. The first-order valence-corrected chi connectivity index (χ1v) is 7.69. The SMILES string of the molecule is Cc1cnn(CC(=O)Nc2cccc(NC(=O)c3ccn(C)n3)c2)c1. The van der Waals surface area contributed by atoms with Crippen molar-refractivity contribution in [1.29, 1.82) is 0 Å². The van der Waals surface area contributed by atoms with Crippen molar-refractivity contribution in [1.82, 2.24) is 19.6 Å². The van der Waals surface area contributed by atoms with E-state index in [9.17, 15) is 9.59 Å². The number of rotatable bonds is 5. The number of carbonyl (C=O) groups excluding carboxylic acids is 2. The summed E-state index contributed by atoms with van der Waals surface area (Å²) in [5.41, 5.74) is 2.48. The molecule has 3 rings (SSSR count). The van der Waals surface area contributed by atoms with Crippen LogP contribution in [-0.4, -0.2) is 31.4 Å². The molecule has 0 spiro atoms. The summed E-state index contributed by atoms with van der Waals surface area (Å²) in [6, 6.07) is 8.57. The van der Waals surface area contributed by atoms with Gasteiger partial charge < -0.3 is 10.6 Å². The topological polar surface area (TPSA) is 93.8 Å². The average molecular weight is 338 g/mol. The lowest BCUT2D eigenvalue weighted by Crippen LogP contribution is -2.19. The summed E-state index contributed by atoms with van der Waals surface area (Å²) in [6.45, 7) is 2.04. The van der Waals surface area contributed by atoms with E-state index in [1.54, 1.807) is 65.3 Å². The van der Waals surface area contributed by atoms with Crippen LogP contribution in [0.15, 0.2) is 48.9 Å². The van der Waals surface area contributed by atoms with Gasteiger partial charge in [-0.2, -0.15) is 10.2 Å². The number of hydrogen-bond acceptors (Lipinski definition) is 4. The van der Waals surface area contributed by atoms with Crippen molar-refractivity contribution in [3.8, 4) is 0 Å². The average Bonchev–Trinajstić information content (AvgIpc) is 3.16. The molecule has 0 bridgehead atoms. The quantitative estimate of drug-likeness (QED) is 0.742. The predicted molar refractivity (Wildman–Crippen MR) is 93.2 cm³/mol. The zero-order chi connectivity index (χ0) is 17.8. The van der Waals surface area contributed by atoms with Crippen LogP contribution in [0.1, 0.15) is 16.1 Å². The minimum absolute atomic E-state index is 0.123. The smallest absolute Gasteiger partial charge is 0.276 e. The van der Waals surface area contributed by atoms with Crippen molar-refractivity contribution in [3.05, 3.63) is 60.2 Å². The molecule has 2 N–H and O–H groups in total. The van der Waals surface area contributed by atoms with Gasteiger partial charge in [0.2, 0.25) is 5.91 Å². The first kappa shape index (κ1) is 16.4. The van der Waals surface area contributed by atoms with Gasteiger partial charge in [-0.3, -0.25) is 19.0 Å². The van der Waals surface area contributed by atoms with E-state index in [1.807, 2.05) is 6.92 Å². The van der Waals surface area contributed by atoms with Crippen LogP contribution >= 0.6 is 0 Å². The Morgan fingerprint density at radius 1 is 1.16 bits per heavy atom. The molecule has 0 aliphatic carbocycles. The molecule has 2 aromatic heterocycles. The summed E-state index contributed by atoms with van der Waals surface area (Å²) < 4.78 is 3.12. The van der Waals surface area contributed by atoms with Crippen molar-refractivity contribution in [3.63, 3.8) is 0 Å². The van der Waals surface area contributed by atoms with Gasteiger partial charge in [-0.25, -0.2) is 0 Å². The Morgan fingerprint density at radius 2 is 1.92 bits per heavy atom. The summed E-state index contributed by atoms with van der Waals surface area (Å²) in [4.78, 5) is 24.2. The summed E-state index contributed by atoms with van der Waals surface area (Å²) in [6.07, 6.45) is 5.19. The number of aromatic nitrogens is 4. The second-order valence-corrected chi connectivity index (χ2v) is 5.67. The number of nitrogens with one attached hydrogen (secondary N) is 2. The number of amides is 2. The molecule has 2 amide bonds. The number of hydrogen-bond donors (Lipinski definition) is 2. The molecule has 0 unspecified atom stereocenters. The summed E-state index contributed by atoms with van der Waals surface area (Å²) >= 11 is 0. The lowest BCUT2D eigenvalue weighted by molar-refractivity contribution is -0.116. The third-order valence-electron chi connectivity index (χ3n) is 3.42. The van der Waals surface area contributed by atoms with E-state index in [0.29, 0.717) is 17.1 Å². The molecule has 8 heteroatoms. The molecule has 0 fully saturated rings. The van der Waals surface area contributed by atoms with Gasteiger partial charge in [-0.05, 0) is 36.8 Å². The number of anilines is 2. The highest BCUT2D eigenvalue weighted by Gasteiger charge is 2.10. The van der Waals surface area contributed by atoms with Crippen LogP contribution in [0.5, 0.6) is 0 Å². The van der Waals surface area contributed by atoms with Crippen LogP contribution in [0.3, 0.4) is 0 Å². The van der Waals surface area contributed by atoms with Gasteiger partial charge in [0.15, 0.2) is 5.69 Å². The Balaban J connectivity index is 1.62. The maximum Gasteiger partial charge on any atom is 0.276 e. The second-order valence-electron chi connectivity index (χ2n) is 5.67. The van der Waals surface area contributed by atoms with Gasteiger partial charge in [-0.15, -0.1) is 0 Å². The molecule has 0 saturated carbocycles. The van der Waals surface area contributed by atoms with Crippen LogP contribution in [-0.2, 0) is 18.4 Å². The van der Waals surface area contributed by atoms with Crippen LogP contribution in [0, 0.1) is 6.92 Å². The highest BCUT2D eigenvalue weighted by atomic mass is 16.2. The maximum atomic E-state index is 12.1. The molecule has 8 nitrogen and oxygen atoms in total. The van der Waals surface area contributed by atoms with E-state index >= 15 is 0 Å². The van der Waals surface area contributed by atoms with Crippen molar-refractivity contribution in [2.24, 2.45) is 7.05 Å². The third-order valence-corrected chi connectivity index (χ3v) is 3.42. The Kier molecular flexibility index (Phi) is 4.60. The van der Waals surface area contributed by atoms with Crippen LogP contribution < -0.4 is 10.6 Å². The predicted octanol–water partition coefficient (Wildman–Crippen LogP) is 1.82. The van der Waals surface area contributed by atoms with Gasteiger partial charge in [0.25, 0.3) is 5.91 Å². The molecule has 2 heterocycles. The number of nitrogens with zero attached hydrogens (tertiary/aromatic N) is 4. The van der Waals surface area contributed by atoms with E-state index in [1.165, 1.54) is 0 Å². The summed E-state index contributed by atoms with van der Waals surface area (Å²) in [5, 5.41) is 13.7. The fourth-order valence-electron chi connectivity index (χ4n) is 2.31. The number of carbonyl (C=O) groups is 2. The maximum absolute atomic E-state index is 12.1. The number of aryl methyl sites for hydroxylation is 2. The Labute approximate surface area is 144 Å². The molecule has 128 valence electrons. The minimum Gasteiger partial charge on any atom is -0.324 e. The standard InChI is InChI=1S/C17H18N6O2/c1-12-9-18-23(10-12)11-16(24)19-13-4-3-5-14(8-13)20-17(25)15-6-7-22(2)21-15/h3-10H,11H2,1-2H3,(H,19,24)(H,20,25). The zero-order valence-corrected chi connectivity index (χ0v) is 13.9. The normalized spacial score (nSPS) is 10.5. The molecule has 0 aliphatic heterocycles. The van der Waals surface area contributed by atoms with E-state index in [4.69, 9.17) is 0 Å². The fraction of sp³-hybridized carbons (Fsp3) is 0.176. The Morgan fingerprint density at radius 3 is 2.56 bits per heavy atom. The third kappa shape index (κ3) is 4.31. The Bertz CT molecular complexity index is 911. The van der Waals surface area contributed by atoms with Crippen LogP contribution in [0.2, 0.25) is 0 Å². The van der Waals surface area contributed by atoms with Gasteiger partial charge in [-0.1, -0.05) is 6.07 Å². The minimum atomic E-state index is -0.309. The van der Waals surface area contributed by atoms with Crippen molar-refractivity contribution < 1.29 is 9.59 Å². The van der Waals surface area contributed by atoms with Crippen molar-refractivity contribution in [2.45, 2.75) is 13.5 Å². The largest absolute Gasteiger partial charge is 0.324 e. The molecule has 0 radical (unpaired) electrons. The molecule has 0 aliphatic rings. The lowest BCUT2D eigenvalue weighted by Gasteiger charge is -2.08. The van der Waals surface area contributed by atoms with Crippen molar-refractivity contribution >= 4 is 23.2 Å². The van der Waals surface area contributed by atoms with E-state index in [2.05, 4.69) is 20.8 Å². The van der Waals surface area contributed by atoms with Gasteiger partial charge >= 0.3 is 0 Å². The highest BCUT2D eigenvalue weighted by Crippen LogP contribution is 2.16. The fourth-order valence-corrected chi connectivity index (χ4v) is 2.31. The summed E-state index contributed by atoms with van der Waals surface area (Å²) in [7, 11) is 1.74. The number of benzene rings is 1. The first-order chi connectivity index (χ1) is 12.0. The monoisotopic (exact) mass is 338 g/mol. The van der Waals surface area contributed by atoms with Gasteiger partial charge in [0.05, 0.1) is 6.20 Å². The van der Waals surface area contributed by atoms with E-state index < -0.39 is 0 Å². The van der Waals surface area contributed by atoms with Crippen LogP contribution in [0.4, 0.5) is 11.4 Å². The molecule has 3 aromatic rings. The lowest BCUT2D eigenvalue weighted by atomic mass is 10.2. The molecule has 0 atom stereocenters. The summed E-state index contributed by atoms with van der Waals surface area (Å²) in [5.74, 6) is -0.507. The molecular formula is C17H18N6O2. The van der Waals surface area contributed by atoms with Gasteiger partial charge in [0, 0.05) is 30.8 Å². The molecule has 0 saturated heterocycles.